The molecule has 0 radical (unpaired) electrons. The molecule has 88 valence electrons. The lowest BCUT2D eigenvalue weighted by molar-refractivity contribution is 0.569. The molecule has 0 fully saturated rings. The second-order valence-electron chi connectivity index (χ2n) is 3.52. The number of nitrogens with zero attached hydrogens (tertiary/aromatic N) is 2. The van der Waals surface area contributed by atoms with Crippen molar-refractivity contribution in [1.82, 2.24) is 15.3 Å². The van der Waals surface area contributed by atoms with Crippen LogP contribution in [0.1, 0.15) is 17.3 Å². The highest BCUT2D eigenvalue weighted by atomic mass is 79.9. The van der Waals surface area contributed by atoms with Gasteiger partial charge in [-0.2, -0.15) is 0 Å². The summed E-state index contributed by atoms with van der Waals surface area (Å²) in [6.45, 7) is 0. The van der Waals surface area contributed by atoms with Gasteiger partial charge >= 0.3 is 0 Å². The topological polar surface area (TPSA) is 37.8 Å². The van der Waals surface area contributed by atoms with Crippen LogP contribution in [0.3, 0.4) is 0 Å². The molecule has 3 nitrogen and oxygen atoms in total. The first kappa shape index (κ1) is 12.1. The monoisotopic (exact) mass is 295 g/mol. The molecule has 1 heterocycles. The third-order valence-corrected chi connectivity index (χ3v) is 2.95. The van der Waals surface area contributed by atoms with E-state index in [1.165, 1.54) is 12.4 Å². The molecule has 0 aliphatic heterocycles. The van der Waals surface area contributed by atoms with E-state index in [9.17, 15) is 4.39 Å². The fourth-order valence-electron chi connectivity index (χ4n) is 1.67. The Morgan fingerprint density at radius 1 is 1.35 bits per heavy atom. The number of nitrogens with one attached hydrogen (secondary N) is 1. The van der Waals surface area contributed by atoms with Crippen LogP contribution >= 0.6 is 15.9 Å². The number of benzene rings is 1. The fraction of sp³-hybridized carbons (Fsp3) is 0.167. The van der Waals surface area contributed by atoms with Gasteiger partial charge in [0.25, 0.3) is 0 Å². The average Bonchev–Trinajstić information content (AvgIpc) is 2.36. The van der Waals surface area contributed by atoms with Gasteiger partial charge in [0.2, 0.25) is 0 Å². The second-order valence-corrected chi connectivity index (χ2v) is 4.44. The SMILES string of the molecule is CNC(c1ccncn1)c1cc(Br)ccc1F. The molecule has 2 aromatic rings. The summed E-state index contributed by atoms with van der Waals surface area (Å²) < 4.78 is 14.6. The van der Waals surface area contributed by atoms with Gasteiger partial charge in [0.15, 0.2) is 0 Å². The summed E-state index contributed by atoms with van der Waals surface area (Å²) in [5.74, 6) is -0.258. The molecule has 0 saturated heterocycles. The van der Waals surface area contributed by atoms with E-state index in [1.807, 2.05) is 0 Å². The van der Waals surface area contributed by atoms with Crippen molar-refractivity contribution in [3.05, 3.63) is 58.3 Å². The summed E-state index contributed by atoms with van der Waals surface area (Å²) in [7, 11) is 1.77. The van der Waals surface area contributed by atoms with E-state index in [2.05, 4.69) is 31.2 Å². The van der Waals surface area contributed by atoms with Gasteiger partial charge in [-0.1, -0.05) is 15.9 Å². The van der Waals surface area contributed by atoms with E-state index in [1.54, 1.807) is 31.4 Å². The van der Waals surface area contributed by atoms with Crippen LogP contribution in [0.15, 0.2) is 41.3 Å². The van der Waals surface area contributed by atoms with Crippen LogP contribution in [-0.2, 0) is 0 Å². The van der Waals surface area contributed by atoms with Gasteiger partial charge < -0.3 is 5.32 Å². The summed E-state index contributed by atoms with van der Waals surface area (Å²) in [5, 5.41) is 3.05. The van der Waals surface area contributed by atoms with Crippen LogP contribution in [0, 0.1) is 5.82 Å². The van der Waals surface area contributed by atoms with Crippen molar-refractivity contribution in [2.75, 3.05) is 7.05 Å². The zero-order valence-corrected chi connectivity index (χ0v) is 10.8. The maximum absolute atomic E-state index is 13.8. The Balaban J connectivity index is 2.46. The summed E-state index contributed by atoms with van der Waals surface area (Å²) in [6, 6.07) is 6.34. The Morgan fingerprint density at radius 2 is 2.18 bits per heavy atom. The number of halogens is 2. The van der Waals surface area contributed by atoms with Crippen molar-refractivity contribution in [2.24, 2.45) is 0 Å². The fourth-order valence-corrected chi connectivity index (χ4v) is 2.05. The van der Waals surface area contributed by atoms with E-state index in [4.69, 9.17) is 0 Å². The Bertz CT molecular complexity index is 504. The first-order valence-corrected chi connectivity index (χ1v) is 5.90. The van der Waals surface area contributed by atoms with Crippen molar-refractivity contribution in [1.29, 1.82) is 0 Å². The van der Waals surface area contributed by atoms with Crippen LogP contribution in [-0.4, -0.2) is 17.0 Å². The first-order chi connectivity index (χ1) is 8.22. The molecule has 0 spiro atoms. The number of rotatable bonds is 3. The highest BCUT2D eigenvalue weighted by Crippen LogP contribution is 2.25. The zero-order valence-electron chi connectivity index (χ0n) is 9.19. The smallest absolute Gasteiger partial charge is 0.128 e. The maximum Gasteiger partial charge on any atom is 0.128 e. The molecular weight excluding hydrogens is 285 g/mol. The quantitative estimate of drug-likeness (QED) is 0.946. The third kappa shape index (κ3) is 2.68. The molecule has 1 atom stereocenters. The minimum atomic E-state index is -0.282. The molecule has 1 aromatic carbocycles. The lowest BCUT2D eigenvalue weighted by Crippen LogP contribution is -2.20. The highest BCUT2D eigenvalue weighted by molar-refractivity contribution is 9.10. The molecule has 0 bridgehead atoms. The molecule has 0 saturated carbocycles. The van der Waals surface area contributed by atoms with Crippen LogP contribution < -0.4 is 5.32 Å². The number of aromatic nitrogens is 2. The summed E-state index contributed by atoms with van der Waals surface area (Å²) in [4.78, 5) is 8.00. The lowest BCUT2D eigenvalue weighted by Gasteiger charge is -2.16. The third-order valence-electron chi connectivity index (χ3n) is 2.46. The molecule has 17 heavy (non-hydrogen) atoms. The van der Waals surface area contributed by atoms with Crippen LogP contribution in [0.25, 0.3) is 0 Å². The molecule has 1 unspecified atom stereocenters. The van der Waals surface area contributed by atoms with Crippen molar-refractivity contribution in [3.8, 4) is 0 Å². The highest BCUT2D eigenvalue weighted by Gasteiger charge is 2.17. The van der Waals surface area contributed by atoms with E-state index < -0.39 is 0 Å². The van der Waals surface area contributed by atoms with Gasteiger partial charge in [-0.25, -0.2) is 14.4 Å². The normalized spacial score (nSPS) is 12.4. The molecule has 0 amide bonds. The maximum atomic E-state index is 13.8. The van der Waals surface area contributed by atoms with Gasteiger partial charge in [-0.15, -0.1) is 0 Å². The van der Waals surface area contributed by atoms with Crippen LogP contribution in [0.5, 0.6) is 0 Å². The van der Waals surface area contributed by atoms with Gasteiger partial charge in [0, 0.05) is 16.2 Å². The summed E-state index contributed by atoms with van der Waals surface area (Å²) in [5.41, 5.74) is 1.29. The molecule has 0 aliphatic carbocycles. The predicted octanol–water partition coefficient (Wildman–Crippen LogP) is 2.69. The van der Waals surface area contributed by atoms with E-state index in [-0.39, 0.29) is 11.9 Å². The van der Waals surface area contributed by atoms with E-state index in [0.717, 1.165) is 10.2 Å². The molecule has 0 aliphatic rings. The summed E-state index contributed by atoms with van der Waals surface area (Å²) in [6.07, 6.45) is 3.10. The standard InChI is InChI=1S/C12H11BrFN3/c1-15-12(11-4-5-16-7-17-11)9-6-8(13)2-3-10(9)14/h2-7,12,15H,1H3. The molecule has 1 aromatic heterocycles. The van der Waals surface area contributed by atoms with Crippen molar-refractivity contribution in [3.63, 3.8) is 0 Å². The molecule has 1 N–H and O–H groups in total. The molecular formula is C12H11BrFN3. The van der Waals surface area contributed by atoms with Gasteiger partial charge in [-0.05, 0) is 31.3 Å². The minimum absolute atomic E-state index is 0.258. The summed E-state index contributed by atoms with van der Waals surface area (Å²) >= 11 is 3.34. The largest absolute Gasteiger partial charge is 0.308 e. The first-order valence-electron chi connectivity index (χ1n) is 5.10. The van der Waals surface area contributed by atoms with Gasteiger partial charge in [0.1, 0.15) is 12.1 Å². The Kier molecular flexibility index (Phi) is 3.81. The zero-order chi connectivity index (χ0) is 12.3. The Morgan fingerprint density at radius 3 is 2.82 bits per heavy atom. The van der Waals surface area contributed by atoms with Crippen molar-refractivity contribution >= 4 is 15.9 Å². The van der Waals surface area contributed by atoms with Gasteiger partial charge in [-0.3, -0.25) is 0 Å². The van der Waals surface area contributed by atoms with E-state index >= 15 is 0 Å². The van der Waals surface area contributed by atoms with Crippen molar-refractivity contribution < 1.29 is 4.39 Å². The van der Waals surface area contributed by atoms with Crippen molar-refractivity contribution in [2.45, 2.75) is 6.04 Å². The van der Waals surface area contributed by atoms with Crippen LogP contribution in [0.2, 0.25) is 0 Å². The van der Waals surface area contributed by atoms with E-state index in [0.29, 0.717) is 5.56 Å². The number of hydrogen-bond donors (Lipinski definition) is 1. The average molecular weight is 296 g/mol. The molecule has 2 rings (SSSR count). The molecule has 5 heteroatoms. The minimum Gasteiger partial charge on any atom is -0.308 e. The second kappa shape index (κ2) is 5.33. The van der Waals surface area contributed by atoms with Gasteiger partial charge in [0.05, 0.1) is 11.7 Å². The number of hydrogen-bond acceptors (Lipinski definition) is 3. The Labute approximate surface area is 107 Å². The Hall–Kier alpha value is -1.33. The predicted molar refractivity (Wildman–Crippen MR) is 67.0 cm³/mol. The lowest BCUT2D eigenvalue weighted by atomic mass is 10.0. The van der Waals surface area contributed by atoms with Crippen LogP contribution in [0.4, 0.5) is 4.39 Å².